The van der Waals surface area contributed by atoms with Crippen LogP contribution in [0.4, 0.5) is 10.5 Å². The number of esters is 1. The van der Waals surface area contributed by atoms with Gasteiger partial charge in [0.25, 0.3) is 0 Å². The molecule has 29 heavy (non-hydrogen) atoms. The van der Waals surface area contributed by atoms with Crippen molar-refractivity contribution in [2.45, 2.75) is 13.3 Å². The molecule has 0 saturated carbocycles. The minimum absolute atomic E-state index is 0.00845. The SMILES string of the molecule is CCOC(=O)c1ccc(N2CCN(CCc3cn(C)c4ccccc34)C2=O)cc1. The van der Waals surface area contributed by atoms with Crippen molar-refractivity contribution in [2.75, 3.05) is 31.1 Å². The topological polar surface area (TPSA) is 54.8 Å². The number of benzene rings is 2. The van der Waals surface area contributed by atoms with Gasteiger partial charge in [-0.1, -0.05) is 18.2 Å². The van der Waals surface area contributed by atoms with Crippen LogP contribution in [0, 0.1) is 0 Å². The average Bonchev–Trinajstić information content (AvgIpc) is 3.27. The number of carbonyl (C=O) groups is 2. The number of anilines is 1. The smallest absolute Gasteiger partial charge is 0.338 e. The van der Waals surface area contributed by atoms with Gasteiger partial charge in [-0.3, -0.25) is 4.90 Å². The molecule has 0 spiro atoms. The third-order valence-electron chi connectivity index (χ3n) is 5.42. The number of nitrogens with zero attached hydrogens (tertiary/aromatic N) is 3. The van der Waals surface area contributed by atoms with Crippen LogP contribution < -0.4 is 4.90 Å². The van der Waals surface area contributed by atoms with Crippen LogP contribution >= 0.6 is 0 Å². The van der Waals surface area contributed by atoms with Gasteiger partial charge in [-0.05, 0) is 49.2 Å². The number of para-hydroxylation sites is 1. The Labute approximate surface area is 170 Å². The first-order chi connectivity index (χ1) is 14.1. The molecule has 2 amide bonds. The standard InChI is InChI=1S/C23H25N3O3/c1-3-29-22(27)17-8-10-19(11-9-17)26-15-14-25(23(26)28)13-12-18-16-24(2)21-7-5-4-6-20(18)21/h4-11,16H,3,12-15H2,1-2H3. The monoisotopic (exact) mass is 391 g/mol. The Kier molecular flexibility index (Phi) is 5.25. The Morgan fingerprint density at radius 1 is 1.07 bits per heavy atom. The summed E-state index contributed by atoms with van der Waals surface area (Å²) in [5, 5.41) is 1.24. The summed E-state index contributed by atoms with van der Waals surface area (Å²) < 4.78 is 7.14. The zero-order valence-electron chi connectivity index (χ0n) is 16.8. The van der Waals surface area contributed by atoms with E-state index in [1.54, 1.807) is 36.1 Å². The normalized spacial score (nSPS) is 14.1. The van der Waals surface area contributed by atoms with E-state index in [0.29, 0.717) is 31.8 Å². The molecule has 6 nitrogen and oxygen atoms in total. The zero-order valence-corrected chi connectivity index (χ0v) is 16.8. The molecule has 2 heterocycles. The maximum Gasteiger partial charge on any atom is 0.338 e. The summed E-state index contributed by atoms with van der Waals surface area (Å²) in [6.07, 6.45) is 2.97. The Morgan fingerprint density at radius 2 is 1.83 bits per heavy atom. The highest BCUT2D eigenvalue weighted by Crippen LogP contribution is 2.24. The van der Waals surface area contributed by atoms with Gasteiger partial charge in [-0.2, -0.15) is 0 Å². The molecule has 3 aromatic rings. The number of hydrogen-bond donors (Lipinski definition) is 0. The van der Waals surface area contributed by atoms with Crippen LogP contribution in [0.5, 0.6) is 0 Å². The average molecular weight is 391 g/mol. The number of hydrogen-bond acceptors (Lipinski definition) is 3. The highest BCUT2D eigenvalue weighted by Gasteiger charge is 2.29. The van der Waals surface area contributed by atoms with Crippen LogP contribution in [-0.2, 0) is 18.2 Å². The van der Waals surface area contributed by atoms with Crippen molar-refractivity contribution in [1.82, 2.24) is 9.47 Å². The molecule has 0 radical (unpaired) electrons. The van der Waals surface area contributed by atoms with Crippen molar-refractivity contribution < 1.29 is 14.3 Å². The highest BCUT2D eigenvalue weighted by molar-refractivity contribution is 5.95. The number of aromatic nitrogens is 1. The second kappa shape index (κ2) is 7.99. The molecule has 1 aromatic heterocycles. The van der Waals surface area contributed by atoms with Crippen LogP contribution in [0.15, 0.2) is 54.7 Å². The van der Waals surface area contributed by atoms with Gasteiger partial charge in [0.2, 0.25) is 0 Å². The molecule has 0 unspecified atom stereocenters. The highest BCUT2D eigenvalue weighted by atomic mass is 16.5. The Bertz CT molecular complexity index is 1040. The molecule has 4 rings (SSSR count). The molecule has 6 heteroatoms. The van der Waals surface area contributed by atoms with E-state index in [4.69, 9.17) is 4.74 Å². The molecule has 0 N–H and O–H groups in total. The van der Waals surface area contributed by atoms with Crippen molar-refractivity contribution in [3.8, 4) is 0 Å². The molecule has 1 fully saturated rings. The number of rotatable bonds is 6. The van der Waals surface area contributed by atoms with E-state index in [2.05, 4.69) is 36.0 Å². The second-order valence-corrected chi connectivity index (χ2v) is 7.22. The maximum absolute atomic E-state index is 12.9. The lowest BCUT2D eigenvalue weighted by Gasteiger charge is -2.19. The van der Waals surface area contributed by atoms with Gasteiger partial charge in [-0.15, -0.1) is 0 Å². The van der Waals surface area contributed by atoms with E-state index in [1.807, 2.05) is 11.0 Å². The molecule has 2 aromatic carbocycles. The predicted molar refractivity (Wildman–Crippen MR) is 113 cm³/mol. The van der Waals surface area contributed by atoms with Gasteiger partial charge in [0.1, 0.15) is 0 Å². The molecule has 1 saturated heterocycles. The molecule has 0 bridgehead atoms. The van der Waals surface area contributed by atoms with E-state index in [9.17, 15) is 9.59 Å². The van der Waals surface area contributed by atoms with Crippen LogP contribution in [0.2, 0.25) is 0 Å². The number of amides is 2. The lowest BCUT2D eigenvalue weighted by atomic mass is 10.1. The third-order valence-corrected chi connectivity index (χ3v) is 5.42. The summed E-state index contributed by atoms with van der Waals surface area (Å²) in [6, 6.07) is 15.4. The molecular weight excluding hydrogens is 366 g/mol. The lowest BCUT2D eigenvalue weighted by Crippen LogP contribution is -2.33. The van der Waals surface area contributed by atoms with Gasteiger partial charge in [0.15, 0.2) is 0 Å². The minimum atomic E-state index is -0.344. The summed E-state index contributed by atoms with van der Waals surface area (Å²) in [6.45, 7) is 4.15. The molecule has 0 aliphatic carbocycles. The van der Waals surface area contributed by atoms with Crippen molar-refractivity contribution in [3.63, 3.8) is 0 Å². The molecule has 150 valence electrons. The van der Waals surface area contributed by atoms with Crippen LogP contribution in [0.1, 0.15) is 22.8 Å². The predicted octanol–water partition coefficient (Wildman–Crippen LogP) is 3.84. The number of fused-ring (bicyclic) bond motifs is 1. The van der Waals surface area contributed by atoms with Gasteiger partial charge in [0, 0.05) is 49.5 Å². The van der Waals surface area contributed by atoms with Gasteiger partial charge in [0.05, 0.1) is 12.2 Å². The van der Waals surface area contributed by atoms with Crippen LogP contribution in [-0.4, -0.2) is 47.7 Å². The second-order valence-electron chi connectivity index (χ2n) is 7.22. The quantitative estimate of drug-likeness (QED) is 0.600. The number of carbonyl (C=O) groups excluding carboxylic acids is 2. The first kappa shape index (κ1) is 19.1. The number of ether oxygens (including phenoxy) is 1. The van der Waals surface area contributed by atoms with Crippen molar-refractivity contribution in [2.24, 2.45) is 7.05 Å². The fourth-order valence-corrected chi connectivity index (χ4v) is 3.90. The first-order valence-electron chi connectivity index (χ1n) is 9.95. The maximum atomic E-state index is 12.9. The largest absolute Gasteiger partial charge is 0.462 e. The fourth-order valence-electron chi connectivity index (χ4n) is 3.90. The van der Waals surface area contributed by atoms with Gasteiger partial charge < -0.3 is 14.2 Å². The van der Waals surface area contributed by atoms with Crippen LogP contribution in [0.25, 0.3) is 10.9 Å². The molecular formula is C23H25N3O3. The van der Waals surface area contributed by atoms with Gasteiger partial charge in [-0.25, -0.2) is 9.59 Å². The third kappa shape index (κ3) is 3.70. The summed E-state index contributed by atoms with van der Waals surface area (Å²) in [5.74, 6) is -0.344. The van der Waals surface area contributed by atoms with Crippen molar-refractivity contribution >= 4 is 28.6 Å². The van der Waals surface area contributed by atoms with Crippen molar-refractivity contribution in [3.05, 3.63) is 65.9 Å². The Balaban J connectivity index is 1.42. The minimum Gasteiger partial charge on any atom is -0.462 e. The zero-order chi connectivity index (χ0) is 20.4. The molecule has 1 aliphatic heterocycles. The van der Waals surface area contributed by atoms with Crippen molar-refractivity contribution in [1.29, 1.82) is 0 Å². The van der Waals surface area contributed by atoms with E-state index in [0.717, 1.165) is 12.1 Å². The summed E-state index contributed by atoms with van der Waals surface area (Å²) in [5.41, 5.74) is 3.76. The first-order valence-corrected chi connectivity index (χ1v) is 9.95. The Hall–Kier alpha value is -3.28. The molecule has 1 aliphatic rings. The number of aryl methyl sites for hydroxylation is 1. The lowest BCUT2D eigenvalue weighted by molar-refractivity contribution is 0.0526. The van der Waals surface area contributed by atoms with E-state index < -0.39 is 0 Å². The fraction of sp³-hybridized carbons (Fsp3) is 0.304. The Morgan fingerprint density at radius 3 is 2.59 bits per heavy atom. The van der Waals surface area contributed by atoms with Crippen LogP contribution in [0.3, 0.4) is 0 Å². The summed E-state index contributed by atoms with van der Waals surface area (Å²) >= 11 is 0. The van der Waals surface area contributed by atoms with Gasteiger partial charge >= 0.3 is 12.0 Å². The molecule has 0 atom stereocenters. The van der Waals surface area contributed by atoms with E-state index in [1.165, 1.54) is 16.5 Å². The van der Waals surface area contributed by atoms with E-state index >= 15 is 0 Å². The summed E-state index contributed by atoms with van der Waals surface area (Å²) in [4.78, 5) is 28.3. The van der Waals surface area contributed by atoms with E-state index in [-0.39, 0.29) is 12.0 Å². The summed E-state index contributed by atoms with van der Waals surface area (Å²) in [7, 11) is 2.05. The number of urea groups is 1.